The predicted octanol–water partition coefficient (Wildman–Crippen LogP) is 2.63. The van der Waals surface area contributed by atoms with E-state index >= 15 is 0 Å². The normalized spacial score (nSPS) is 21.6. The van der Waals surface area contributed by atoms with Crippen LogP contribution in [0, 0.1) is 0 Å². The summed E-state index contributed by atoms with van der Waals surface area (Å²) in [6.45, 7) is 6.50. The first kappa shape index (κ1) is 23.4. The summed E-state index contributed by atoms with van der Waals surface area (Å²) in [7, 11) is -3.68. The summed E-state index contributed by atoms with van der Waals surface area (Å²) in [5, 5.41) is 0.108. The van der Waals surface area contributed by atoms with Crippen LogP contribution in [-0.2, 0) is 23.9 Å². The van der Waals surface area contributed by atoms with E-state index in [1.807, 2.05) is 30.3 Å². The van der Waals surface area contributed by atoms with E-state index in [-0.39, 0.29) is 35.2 Å². The van der Waals surface area contributed by atoms with Gasteiger partial charge in [0.15, 0.2) is 0 Å². The van der Waals surface area contributed by atoms with Gasteiger partial charge in [0, 0.05) is 19.6 Å². The lowest BCUT2D eigenvalue weighted by atomic mass is 10.0. The van der Waals surface area contributed by atoms with Crippen molar-refractivity contribution >= 4 is 33.4 Å². The maximum absolute atomic E-state index is 12.9. The lowest BCUT2D eigenvalue weighted by Crippen LogP contribution is -2.30. The Bertz CT molecular complexity index is 962. The highest BCUT2D eigenvalue weighted by molar-refractivity contribution is 7.86. The van der Waals surface area contributed by atoms with E-state index in [1.165, 1.54) is 4.90 Å². The van der Waals surface area contributed by atoms with Gasteiger partial charge in [-0.15, -0.1) is 6.58 Å². The van der Waals surface area contributed by atoms with Crippen molar-refractivity contribution in [2.75, 3.05) is 25.4 Å². The first-order valence-electron chi connectivity index (χ1n) is 10.2. The zero-order valence-corrected chi connectivity index (χ0v) is 19.1. The van der Waals surface area contributed by atoms with Gasteiger partial charge < -0.3 is 9.64 Å². The third-order valence-electron chi connectivity index (χ3n) is 5.11. The molecular formula is C21H27N3O5S2. The molecule has 1 amide bonds. The molecule has 0 radical (unpaired) electrons. The minimum Gasteiger partial charge on any atom is -0.424 e. The van der Waals surface area contributed by atoms with Gasteiger partial charge in [-0.25, -0.2) is 0 Å². The molecule has 31 heavy (non-hydrogen) atoms. The zero-order valence-electron chi connectivity index (χ0n) is 17.5. The molecule has 10 heteroatoms. The number of likely N-dealkylation sites (tertiary alicyclic amines) is 1. The highest BCUT2D eigenvalue weighted by Gasteiger charge is 2.40. The second-order valence-electron chi connectivity index (χ2n) is 7.20. The number of carbonyl (C=O) groups is 1. The molecule has 1 N–H and O–H groups in total. The van der Waals surface area contributed by atoms with E-state index in [9.17, 15) is 13.2 Å². The number of carbonyl (C=O) groups excluding carboxylic acids is 1. The molecule has 2 saturated heterocycles. The molecule has 2 heterocycles. The number of hydroxylamine groups is 1. The summed E-state index contributed by atoms with van der Waals surface area (Å²) in [6, 6.07) is 9.95. The van der Waals surface area contributed by atoms with Crippen LogP contribution in [0.4, 0.5) is 0 Å². The molecule has 2 fully saturated rings. The zero-order chi connectivity index (χ0) is 22.4. The summed E-state index contributed by atoms with van der Waals surface area (Å²) in [6.07, 6.45) is 3.35. The molecule has 2 aliphatic rings. The number of nitrogens with one attached hydrogen (secondary N) is 1. The van der Waals surface area contributed by atoms with Crippen molar-refractivity contribution < 1.29 is 22.2 Å². The van der Waals surface area contributed by atoms with Crippen LogP contribution in [0.25, 0.3) is 0 Å². The summed E-state index contributed by atoms with van der Waals surface area (Å²) < 4.78 is 34.5. The van der Waals surface area contributed by atoms with Crippen LogP contribution in [0.3, 0.4) is 0 Å². The Balaban J connectivity index is 1.84. The third-order valence-corrected chi connectivity index (χ3v) is 6.57. The topological polar surface area (TPSA) is 88.2 Å². The first-order chi connectivity index (χ1) is 14.9. The van der Waals surface area contributed by atoms with Crippen LogP contribution in [0.15, 0.2) is 54.4 Å². The number of hydrogen-bond donors (Lipinski definition) is 1. The van der Waals surface area contributed by atoms with Gasteiger partial charge in [0.2, 0.25) is 5.76 Å². The van der Waals surface area contributed by atoms with Crippen molar-refractivity contribution in [2.45, 2.75) is 32.2 Å². The Kier molecular flexibility index (Phi) is 7.82. The van der Waals surface area contributed by atoms with Gasteiger partial charge in [-0.1, -0.05) is 43.3 Å². The van der Waals surface area contributed by atoms with Crippen molar-refractivity contribution in [3.8, 4) is 0 Å². The second-order valence-corrected chi connectivity index (χ2v) is 9.24. The maximum Gasteiger partial charge on any atom is 0.299 e. The molecule has 1 aromatic rings. The number of hydrogen-bond acceptors (Lipinski definition) is 8. The van der Waals surface area contributed by atoms with E-state index in [2.05, 4.69) is 17.0 Å². The molecule has 8 nitrogen and oxygen atoms in total. The highest BCUT2D eigenvalue weighted by atomic mass is 32.2. The molecule has 1 aromatic carbocycles. The van der Waals surface area contributed by atoms with Gasteiger partial charge >= 0.3 is 0 Å². The van der Waals surface area contributed by atoms with Crippen LogP contribution in [0.1, 0.15) is 37.8 Å². The number of rotatable bonds is 10. The van der Waals surface area contributed by atoms with Gasteiger partial charge in [0.05, 0.1) is 17.5 Å². The standard InChI is InChI=1S/C21H27N3O5S2/c1-3-13-24-20(25)19(28-21(24)30)18-12-11-17(16-9-6-5-7-10-16)23(18)14-8-15-31(26,27)29-22-4-2/h3,5-7,9-10,17,22H,1,4,8,11-15H2,2H3/b19-18+. The molecule has 1 atom stereocenters. The molecule has 0 aromatic heterocycles. The van der Waals surface area contributed by atoms with E-state index in [0.717, 1.165) is 17.7 Å². The first-order valence-corrected chi connectivity index (χ1v) is 12.2. The van der Waals surface area contributed by atoms with E-state index in [1.54, 1.807) is 13.0 Å². The average Bonchev–Trinajstić information content (AvgIpc) is 3.29. The van der Waals surface area contributed by atoms with Gasteiger partial charge in [0.1, 0.15) is 0 Å². The van der Waals surface area contributed by atoms with Crippen molar-refractivity contribution in [3.05, 3.63) is 60.0 Å². The summed E-state index contributed by atoms with van der Waals surface area (Å²) >= 11 is 5.21. The molecule has 3 rings (SSSR count). The van der Waals surface area contributed by atoms with Crippen molar-refractivity contribution in [3.63, 3.8) is 0 Å². The molecule has 0 spiro atoms. The summed E-state index contributed by atoms with van der Waals surface area (Å²) in [5.41, 5.74) is 4.23. The summed E-state index contributed by atoms with van der Waals surface area (Å²) in [4.78, 5) is 16.3. The highest BCUT2D eigenvalue weighted by Crippen LogP contribution is 2.41. The van der Waals surface area contributed by atoms with Gasteiger partial charge in [0.25, 0.3) is 21.2 Å². The Morgan fingerprint density at radius 1 is 1.35 bits per heavy atom. The van der Waals surface area contributed by atoms with Gasteiger partial charge in [-0.2, -0.15) is 18.2 Å². The van der Waals surface area contributed by atoms with E-state index in [4.69, 9.17) is 21.2 Å². The number of ether oxygens (including phenoxy) is 1. The fourth-order valence-corrected chi connectivity index (χ4v) is 4.88. The molecule has 0 saturated carbocycles. The number of allylic oxidation sites excluding steroid dienone is 1. The molecular weight excluding hydrogens is 438 g/mol. The maximum atomic E-state index is 12.9. The lowest BCUT2D eigenvalue weighted by Gasteiger charge is -2.28. The van der Waals surface area contributed by atoms with Gasteiger partial charge in [-0.05, 0) is 37.0 Å². The number of nitrogens with zero attached hydrogens (tertiary/aromatic N) is 2. The van der Waals surface area contributed by atoms with Crippen LogP contribution in [0.2, 0.25) is 0 Å². The molecule has 2 aliphatic heterocycles. The van der Waals surface area contributed by atoms with E-state index < -0.39 is 10.1 Å². The Morgan fingerprint density at radius 3 is 2.77 bits per heavy atom. The minimum absolute atomic E-state index is 0.0134. The van der Waals surface area contributed by atoms with E-state index in [0.29, 0.717) is 25.9 Å². The van der Waals surface area contributed by atoms with Gasteiger partial charge in [-0.3, -0.25) is 9.69 Å². The smallest absolute Gasteiger partial charge is 0.299 e. The summed E-state index contributed by atoms with van der Waals surface area (Å²) in [5.74, 6) is -0.213. The largest absolute Gasteiger partial charge is 0.424 e. The lowest BCUT2D eigenvalue weighted by molar-refractivity contribution is -0.122. The molecule has 0 bridgehead atoms. The number of benzene rings is 1. The quantitative estimate of drug-likeness (QED) is 0.244. The Hall–Kier alpha value is -2.27. The van der Waals surface area contributed by atoms with Crippen LogP contribution in [0.5, 0.6) is 0 Å². The fraction of sp³-hybridized carbons (Fsp3) is 0.429. The monoisotopic (exact) mass is 465 g/mol. The molecule has 1 unspecified atom stereocenters. The second kappa shape index (κ2) is 10.4. The van der Waals surface area contributed by atoms with Crippen molar-refractivity contribution in [1.29, 1.82) is 0 Å². The Labute approximate surface area is 188 Å². The number of amides is 1. The minimum atomic E-state index is -3.68. The van der Waals surface area contributed by atoms with Crippen molar-refractivity contribution in [1.82, 2.24) is 15.3 Å². The molecule has 168 valence electrons. The Morgan fingerprint density at radius 2 is 2.10 bits per heavy atom. The van der Waals surface area contributed by atoms with Crippen molar-refractivity contribution in [2.24, 2.45) is 0 Å². The van der Waals surface area contributed by atoms with Crippen LogP contribution < -0.4 is 5.48 Å². The van der Waals surface area contributed by atoms with Crippen LogP contribution >= 0.6 is 12.2 Å². The SMILES string of the molecule is C=CCN1C(=O)/C(=C2/CCC(c3ccccc3)N2CCCS(=O)(=O)ONCC)OC1=S. The van der Waals surface area contributed by atoms with Crippen LogP contribution in [-0.4, -0.2) is 54.7 Å². The predicted molar refractivity (Wildman–Crippen MR) is 121 cm³/mol. The number of thiocarbonyl (C=S) groups is 1. The fourth-order valence-electron chi connectivity index (χ4n) is 3.78. The molecule has 0 aliphatic carbocycles. The average molecular weight is 466 g/mol. The third kappa shape index (κ3) is 5.51.